The smallest absolute Gasteiger partial charge is 0.224 e. The lowest BCUT2D eigenvalue weighted by atomic mass is 9.72. The molecule has 1 spiro atoms. The molecule has 0 unspecified atom stereocenters. The van der Waals surface area contributed by atoms with Crippen LogP contribution in [0.1, 0.15) is 82.0 Å². The molecule has 0 bridgehead atoms. The second-order valence-corrected chi connectivity index (χ2v) is 12.4. The third-order valence-electron chi connectivity index (χ3n) is 8.44. The van der Waals surface area contributed by atoms with Gasteiger partial charge < -0.3 is 10.4 Å². The Kier molecular flexibility index (Phi) is 5.17. The lowest BCUT2D eigenvalue weighted by Crippen LogP contribution is -2.31. The number of anilines is 1. The molecule has 3 aromatic heterocycles. The third-order valence-corrected chi connectivity index (χ3v) is 9.48. The molecule has 0 radical (unpaired) electrons. The van der Waals surface area contributed by atoms with E-state index in [1.165, 1.54) is 38.5 Å². The summed E-state index contributed by atoms with van der Waals surface area (Å²) in [6, 6.07) is 2.06. The van der Waals surface area contributed by atoms with Crippen molar-refractivity contribution in [3.05, 3.63) is 35.0 Å². The summed E-state index contributed by atoms with van der Waals surface area (Å²) < 4.78 is 1.16. The maximum atomic E-state index is 9.98. The van der Waals surface area contributed by atoms with Crippen molar-refractivity contribution in [2.75, 3.05) is 11.9 Å². The van der Waals surface area contributed by atoms with E-state index in [1.54, 1.807) is 18.3 Å². The minimum Gasteiger partial charge on any atom is -0.513 e. The Bertz CT molecular complexity index is 1420. The van der Waals surface area contributed by atoms with Gasteiger partial charge in [-0.2, -0.15) is 4.98 Å². The largest absolute Gasteiger partial charge is 0.513 e. The first kappa shape index (κ1) is 22.3. The van der Waals surface area contributed by atoms with Crippen LogP contribution in [0.3, 0.4) is 0 Å². The number of nitrogens with one attached hydrogen (secondary N) is 1. The fraction of sp³-hybridized carbons (Fsp3) is 0.536. The van der Waals surface area contributed by atoms with E-state index in [0.29, 0.717) is 35.3 Å². The summed E-state index contributed by atoms with van der Waals surface area (Å²) in [6.45, 7) is 4.72. The Morgan fingerprint density at radius 3 is 2.75 bits per heavy atom. The van der Waals surface area contributed by atoms with Gasteiger partial charge in [0.1, 0.15) is 10.5 Å². The molecule has 186 valence electrons. The Balaban J connectivity index is 1.25. The van der Waals surface area contributed by atoms with Crippen molar-refractivity contribution < 1.29 is 5.11 Å². The van der Waals surface area contributed by atoms with Crippen LogP contribution in [0.15, 0.2) is 28.6 Å². The summed E-state index contributed by atoms with van der Waals surface area (Å²) in [7, 11) is 0. The summed E-state index contributed by atoms with van der Waals surface area (Å²) >= 11 is 1.67. The molecule has 36 heavy (non-hydrogen) atoms. The molecule has 2 N–H and O–H groups in total. The molecule has 0 saturated heterocycles. The first-order valence-corrected chi connectivity index (χ1v) is 14.1. The van der Waals surface area contributed by atoms with E-state index in [4.69, 9.17) is 19.9 Å². The third kappa shape index (κ3) is 4.09. The van der Waals surface area contributed by atoms with Crippen LogP contribution in [0.25, 0.3) is 20.8 Å². The summed E-state index contributed by atoms with van der Waals surface area (Å²) in [5, 5.41) is 14.4. The second-order valence-electron chi connectivity index (χ2n) is 11.4. The molecular weight excluding hydrogens is 468 g/mol. The molecule has 0 aromatic carbocycles. The normalized spacial score (nSPS) is 23.4. The number of hydrogen-bond donors (Lipinski definition) is 2. The lowest BCUT2D eigenvalue weighted by molar-refractivity contribution is 0.180. The molecule has 3 heterocycles. The van der Waals surface area contributed by atoms with Gasteiger partial charge in [0.2, 0.25) is 5.95 Å². The van der Waals surface area contributed by atoms with Gasteiger partial charge in [0, 0.05) is 30.8 Å². The average molecular weight is 501 g/mol. The van der Waals surface area contributed by atoms with Gasteiger partial charge in [0.15, 0.2) is 5.82 Å². The number of aromatic nitrogens is 4. The molecule has 7 rings (SSSR count). The van der Waals surface area contributed by atoms with Gasteiger partial charge in [0.25, 0.3) is 0 Å². The monoisotopic (exact) mass is 500 g/mol. The zero-order chi connectivity index (χ0) is 24.4. The summed E-state index contributed by atoms with van der Waals surface area (Å²) in [5.41, 5.74) is 6.77. The van der Waals surface area contributed by atoms with Crippen LogP contribution in [0.4, 0.5) is 11.8 Å². The van der Waals surface area contributed by atoms with Crippen LogP contribution in [0.5, 0.6) is 0 Å². The van der Waals surface area contributed by atoms with Crippen LogP contribution >= 0.6 is 11.3 Å². The molecule has 3 aromatic rings. The highest BCUT2D eigenvalue weighted by atomic mass is 32.1. The fourth-order valence-corrected chi connectivity index (χ4v) is 7.07. The number of hydrogen-bond acceptors (Lipinski definition) is 8. The summed E-state index contributed by atoms with van der Waals surface area (Å²) in [5.74, 6) is 3.02. The quantitative estimate of drug-likeness (QED) is 0.353. The molecule has 7 nitrogen and oxygen atoms in total. The van der Waals surface area contributed by atoms with Crippen LogP contribution in [-0.2, 0) is 0 Å². The molecule has 0 aliphatic heterocycles. The maximum absolute atomic E-state index is 9.98. The predicted octanol–water partition coefficient (Wildman–Crippen LogP) is 7.02. The molecule has 0 atom stereocenters. The summed E-state index contributed by atoms with van der Waals surface area (Å²) in [4.78, 5) is 24.6. The van der Waals surface area contributed by atoms with Crippen molar-refractivity contribution in [1.29, 1.82) is 0 Å². The molecule has 4 fully saturated rings. The van der Waals surface area contributed by atoms with Crippen molar-refractivity contribution in [2.45, 2.75) is 77.6 Å². The number of rotatable bonds is 6. The van der Waals surface area contributed by atoms with Gasteiger partial charge in [-0.05, 0) is 88.2 Å². The van der Waals surface area contributed by atoms with Crippen LogP contribution in [-0.4, -0.2) is 37.3 Å². The number of fused-ring (bicyclic) bond motifs is 1. The van der Waals surface area contributed by atoms with E-state index in [9.17, 15) is 5.11 Å². The number of aliphatic imine (C=N–C) groups is 1. The fourth-order valence-electron chi connectivity index (χ4n) is 6.01. The number of thiazole rings is 1. The standard InChI is InChI=1S/C28H32N6OS/c1-15-22(26-33-24-21(36-26)7-10-29-23(24)18-3-4-18)25(32-20-6-5-19(11-20)16(2)35)34-27(31-15)30-14-17-12-28(13-17)8-9-28/h7,10,17-18,35H,3-6,8-9,11-14H2,1-2H3,(H,30,31,34)/b19-16+,32-20?. The SMILES string of the molecule is C/C(O)=C1/CCC(=Nc2nc(NCC3CC4(CC4)C3)nc(C)c2-c2nc3c(C4CC4)nccc3s2)C1. The number of pyridine rings is 1. The van der Waals surface area contributed by atoms with Gasteiger partial charge in [-0.15, -0.1) is 11.3 Å². The van der Waals surface area contributed by atoms with Crippen LogP contribution in [0.2, 0.25) is 0 Å². The van der Waals surface area contributed by atoms with Crippen LogP contribution < -0.4 is 5.32 Å². The highest BCUT2D eigenvalue weighted by Gasteiger charge is 2.52. The highest BCUT2D eigenvalue weighted by molar-refractivity contribution is 7.21. The Morgan fingerprint density at radius 1 is 1.19 bits per heavy atom. The zero-order valence-corrected chi connectivity index (χ0v) is 21.8. The minimum atomic E-state index is 0.418. The number of nitrogens with zero attached hydrogens (tertiary/aromatic N) is 5. The topological polar surface area (TPSA) is 96.2 Å². The van der Waals surface area contributed by atoms with Crippen molar-refractivity contribution in [2.24, 2.45) is 16.3 Å². The van der Waals surface area contributed by atoms with Gasteiger partial charge in [-0.25, -0.2) is 15.0 Å². The Morgan fingerprint density at radius 2 is 2.03 bits per heavy atom. The first-order valence-electron chi connectivity index (χ1n) is 13.3. The minimum absolute atomic E-state index is 0.418. The Hall–Kier alpha value is -2.87. The van der Waals surface area contributed by atoms with Crippen molar-refractivity contribution in [3.63, 3.8) is 0 Å². The maximum Gasteiger partial charge on any atom is 0.224 e. The van der Waals surface area contributed by atoms with Gasteiger partial charge >= 0.3 is 0 Å². The van der Waals surface area contributed by atoms with E-state index in [2.05, 4.69) is 16.4 Å². The van der Waals surface area contributed by atoms with E-state index < -0.39 is 0 Å². The van der Waals surface area contributed by atoms with Gasteiger partial charge in [-0.1, -0.05) is 0 Å². The molecule has 0 amide bonds. The lowest BCUT2D eigenvalue weighted by Gasteiger charge is -2.35. The van der Waals surface area contributed by atoms with Crippen molar-refractivity contribution in [3.8, 4) is 10.6 Å². The number of aliphatic hydroxyl groups excluding tert-OH is 1. The zero-order valence-electron chi connectivity index (χ0n) is 21.0. The molecule has 8 heteroatoms. The Labute approximate surface area is 215 Å². The first-order chi connectivity index (χ1) is 17.5. The molecule has 4 aliphatic carbocycles. The van der Waals surface area contributed by atoms with E-state index in [-0.39, 0.29) is 0 Å². The molecule has 4 aliphatic rings. The van der Waals surface area contributed by atoms with Crippen LogP contribution in [0, 0.1) is 18.3 Å². The molecule has 4 saturated carbocycles. The number of allylic oxidation sites excluding steroid dienone is 2. The average Bonchev–Trinajstić information content (AvgIpc) is 3.74. The van der Waals surface area contributed by atoms with E-state index in [0.717, 1.165) is 68.8 Å². The number of aryl methyl sites for hydroxylation is 1. The summed E-state index contributed by atoms with van der Waals surface area (Å²) in [6.07, 6.45) is 12.2. The second kappa shape index (κ2) is 8.33. The van der Waals surface area contributed by atoms with Crippen molar-refractivity contribution in [1.82, 2.24) is 19.9 Å². The van der Waals surface area contributed by atoms with Gasteiger partial charge in [0.05, 0.1) is 27.4 Å². The highest BCUT2D eigenvalue weighted by Crippen LogP contribution is 2.63. The number of aliphatic hydroxyl groups is 1. The van der Waals surface area contributed by atoms with Crippen molar-refractivity contribution >= 4 is 39.0 Å². The van der Waals surface area contributed by atoms with E-state index >= 15 is 0 Å². The molecular formula is C28H32N6OS. The van der Waals surface area contributed by atoms with E-state index in [1.807, 2.05) is 13.1 Å². The van der Waals surface area contributed by atoms with Gasteiger partial charge in [-0.3, -0.25) is 4.98 Å². The predicted molar refractivity (Wildman–Crippen MR) is 144 cm³/mol.